The Balaban J connectivity index is 0.00000683. The molecule has 0 saturated heterocycles. The molecule has 4 amide bonds. The van der Waals surface area contributed by atoms with E-state index >= 15 is 0 Å². The van der Waals surface area contributed by atoms with Gasteiger partial charge in [-0.05, 0) is 153 Å². The largest absolute Gasteiger partial charge is 0.458 e. The Labute approximate surface area is 368 Å². The molecular weight excluding hydrogens is 833 g/mol. The second-order valence-corrected chi connectivity index (χ2v) is 18.1. The summed E-state index contributed by atoms with van der Waals surface area (Å²) >= 11 is 12.1. The lowest BCUT2D eigenvalue weighted by Crippen LogP contribution is -2.61. The highest BCUT2D eigenvalue weighted by molar-refractivity contribution is 6.31. The van der Waals surface area contributed by atoms with Crippen LogP contribution in [0.3, 0.4) is 0 Å². The molecule has 3 N–H and O–H groups in total. The van der Waals surface area contributed by atoms with Gasteiger partial charge in [-0.2, -0.15) is 0 Å². The van der Waals surface area contributed by atoms with Gasteiger partial charge in [-0.1, -0.05) is 23.2 Å². The molecule has 0 aromatic heterocycles. The summed E-state index contributed by atoms with van der Waals surface area (Å²) in [5.41, 5.74) is 0.624. The van der Waals surface area contributed by atoms with Gasteiger partial charge in [0, 0.05) is 35.0 Å². The van der Waals surface area contributed by atoms with E-state index in [1.54, 1.807) is 48.5 Å². The average molecular weight is 891 g/mol. The monoisotopic (exact) mass is 889 g/mol. The first kappa shape index (κ1) is 47.3. The minimum absolute atomic E-state index is 0. The van der Waals surface area contributed by atoms with E-state index in [4.69, 9.17) is 32.7 Å². The SMILES string of the molecule is CN(C)CCCNC(=O)C1C2CCC(C(OC(=O)c3ccc(Cl)cc3)C2)C1C(=O)NC(=O)C1C2CCC(CC2OC(=O)c2ccc(Cl)cc2)C1C(=O)NCCCN(C)C.Cl. The summed E-state index contributed by atoms with van der Waals surface area (Å²) in [5, 5.41) is 9.70. The number of nitrogens with zero attached hydrogens (tertiary/aromatic N) is 2. The number of esters is 2. The molecule has 328 valence electrons. The zero-order chi connectivity index (χ0) is 42.4. The Hall–Kier alpha value is -3.75. The minimum atomic E-state index is -0.971. The highest BCUT2D eigenvalue weighted by atomic mass is 35.5. The number of amides is 4. The van der Waals surface area contributed by atoms with Crippen molar-refractivity contribution >= 4 is 71.2 Å². The molecule has 60 heavy (non-hydrogen) atoms. The van der Waals surface area contributed by atoms with Crippen LogP contribution in [-0.4, -0.2) is 112 Å². The molecular formula is C44H58Cl3N5O8. The highest BCUT2D eigenvalue weighted by Crippen LogP contribution is 2.52. The third-order valence-electron chi connectivity index (χ3n) is 12.8. The predicted molar refractivity (Wildman–Crippen MR) is 230 cm³/mol. The zero-order valence-electron chi connectivity index (χ0n) is 34.7. The van der Waals surface area contributed by atoms with Crippen molar-refractivity contribution in [3.05, 3.63) is 69.7 Å². The van der Waals surface area contributed by atoms with E-state index in [-0.39, 0.29) is 36.1 Å². The normalized spacial score (nSPS) is 27.7. The van der Waals surface area contributed by atoms with Crippen LogP contribution < -0.4 is 16.0 Å². The van der Waals surface area contributed by atoms with Crippen LogP contribution in [0.15, 0.2) is 48.5 Å². The van der Waals surface area contributed by atoms with E-state index in [9.17, 15) is 28.8 Å². The molecule has 6 fully saturated rings. The molecule has 4 bridgehead atoms. The fourth-order valence-electron chi connectivity index (χ4n) is 10.0. The van der Waals surface area contributed by atoms with E-state index in [2.05, 4.69) is 16.0 Å². The molecule has 6 saturated carbocycles. The molecule has 6 aliphatic carbocycles. The Morgan fingerprint density at radius 3 is 1.28 bits per heavy atom. The smallest absolute Gasteiger partial charge is 0.338 e. The lowest BCUT2D eigenvalue weighted by Gasteiger charge is -2.51. The van der Waals surface area contributed by atoms with Crippen LogP contribution in [0.1, 0.15) is 72.1 Å². The fourth-order valence-corrected chi connectivity index (χ4v) is 10.3. The number of carbonyl (C=O) groups is 6. The third kappa shape index (κ3) is 11.4. The summed E-state index contributed by atoms with van der Waals surface area (Å²) in [4.78, 5) is 88.0. The van der Waals surface area contributed by atoms with Gasteiger partial charge >= 0.3 is 11.9 Å². The maximum absolute atomic E-state index is 14.7. The van der Waals surface area contributed by atoms with Gasteiger partial charge in [0.1, 0.15) is 12.2 Å². The fraction of sp³-hybridized carbons (Fsp3) is 0.591. The Bertz CT molecular complexity index is 1720. The van der Waals surface area contributed by atoms with Crippen LogP contribution in [0.25, 0.3) is 0 Å². The van der Waals surface area contributed by atoms with Crippen molar-refractivity contribution in [3.8, 4) is 0 Å². The second-order valence-electron chi connectivity index (χ2n) is 17.2. The Morgan fingerprint density at radius 1 is 0.567 bits per heavy atom. The lowest BCUT2D eigenvalue weighted by atomic mass is 9.56. The van der Waals surface area contributed by atoms with Crippen LogP contribution in [0.5, 0.6) is 0 Å². The maximum atomic E-state index is 14.7. The van der Waals surface area contributed by atoms with E-state index < -0.39 is 71.5 Å². The third-order valence-corrected chi connectivity index (χ3v) is 13.3. The van der Waals surface area contributed by atoms with Crippen molar-refractivity contribution in [1.82, 2.24) is 25.8 Å². The van der Waals surface area contributed by atoms with E-state index in [1.165, 1.54) is 0 Å². The molecule has 6 aliphatic rings. The number of rotatable bonds is 16. The molecule has 13 nitrogen and oxygen atoms in total. The number of halogens is 3. The number of hydrogen-bond acceptors (Lipinski definition) is 10. The molecule has 16 heteroatoms. The number of fused-ring (bicyclic) bond motifs is 6. The van der Waals surface area contributed by atoms with Crippen LogP contribution in [0, 0.1) is 47.3 Å². The van der Waals surface area contributed by atoms with Crippen LogP contribution in [0.2, 0.25) is 10.0 Å². The molecule has 2 aromatic carbocycles. The van der Waals surface area contributed by atoms with E-state index in [1.807, 2.05) is 38.0 Å². The molecule has 10 unspecified atom stereocenters. The van der Waals surface area contributed by atoms with Gasteiger partial charge in [0.2, 0.25) is 23.6 Å². The average Bonchev–Trinajstić information content (AvgIpc) is 3.21. The van der Waals surface area contributed by atoms with Gasteiger partial charge in [0.25, 0.3) is 0 Å². The Morgan fingerprint density at radius 2 is 0.933 bits per heavy atom. The zero-order valence-corrected chi connectivity index (χ0v) is 37.0. The second kappa shape index (κ2) is 21.4. The summed E-state index contributed by atoms with van der Waals surface area (Å²) in [6, 6.07) is 12.7. The van der Waals surface area contributed by atoms with Gasteiger partial charge in [-0.15, -0.1) is 12.4 Å². The topological polar surface area (TPSA) is 163 Å². The molecule has 0 heterocycles. The molecule has 0 aliphatic heterocycles. The van der Waals surface area contributed by atoms with Gasteiger partial charge < -0.3 is 29.9 Å². The van der Waals surface area contributed by atoms with Crippen molar-refractivity contribution in [2.75, 3.05) is 54.4 Å². The lowest BCUT2D eigenvalue weighted by molar-refractivity contribution is -0.162. The summed E-state index contributed by atoms with van der Waals surface area (Å²) in [7, 11) is 7.81. The number of nitrogens with one attached hydrogen (secondary N) is 3. The summed E-state index contributed by atoms with van der Waals surface area (Å²) in [5.74, 6) is -7.98. The van der Waals surface area contributed by atoms with Gasteiger partial charge in [-0.25, -0.2) is 9.59 Å². The van der Waals surface area contributed by atoms with Crippen molar-refractivity contribution in [2.45, 2.75) is 63.6 Å². The molecule has 8 rings (SSSR count). The predicted octanol–water partition coefficient (Wildman–Crippen LogP) is 5.27. The Kier molecular flexibility index (Phi) is 16.8. The van der Waals surface area contributed by atoms with Gasteiger partial charge in [0.15, 0.2) is 0 Å². The van der Waals surface area contributed by atoms with E-state index in [0.717, 1.165) is 13.1 Å². The number of benzene rings is 2. The standard InChI is InChI=1S/C44H57Cl2N5O8.ClH/c1-50(2)21-5-19-47-39(52)35-27-11-17-31(33(23-27)58-43(56)25-7-13-29(45)14-8-25)37(35)41(54)49-42(55)38-32-18-12-28(36(38)40(53)48-20-6-22-51(3)4)24-34(32)59-44(57)26-9-15-30(46)16-10-26;/h7-10,13-16,27-28,31-38H,5-6,11-12,17-24H2,1-4H3,(H,47,52)(H,48,53)(H,49,54,55);1H. The number of carbonyl (C=O) groups excluding carboxylic acids is 6. The number of hydrogen-bond donors (Lipinski definition) is 3. The quantitative estimate of drug-likeness (QED) is 0.115. The molecule has 10 atom stereocenters. The molecule has 0 radical (unpaired) electrons. The van der Waals surface area contributed by atoms with Crippen molar-refractivity contribution in [2.24, 2.45) is 47.3 Å². The van der Waals surface area contributed by atoms with Crippen LogP contribution in [0.4, 0.5) is 0 Å². The van der Waals surface area contributed by atoms with Crippen molar-refractivity contribution < 1.29 is 38.2 Å². The summed E-state index contributed by atoms with van der Waals surface area (Å²) in [6.07, 6.45) is 3.27. The van der Waals surface area contributed by atoms with Crippen molar-refractivity contribution in [3.63, 3.8) is 0 Å². The van der Waals surface area contributed by atoms with Gasteiger partial charge in [0.05, 0.1) is 34.8 Å². The van der Waals surface area contributed by atoms with E-state index in [0.29, 0.717) is 85.6 Å². The van der Waals surface area contributed by atoms with Crippen molar-refractivity contribution in [1.29, 1.82) is 0 Å². The maximum Gasteiger partial charge on any atom is 0.338 e. The van der Waals surface area contributed by atoms with Crippen LogP contribution >= 0.6 is 35.6 Å². The molecule has 0 spiro atoms. The summed E-state index contributed by atoms with van der Waals surface area (Å²) < 4.78 is 12.1. The van der Waals surface area contributed by atoms with Gasteiger partial charge in [-0.3, -0.25) is 24.5 Å². The first-order chi connectivity index (χ1) is 28.2. The highest BCUT2D eigenvalue weighted by Gasteiger charge is 2.58. The first-order valence-electron chi connectivity index (χ1n) is 20.8. The minimum Gasteiger partial charge on any atom is -0.458 e. The first-order valence-corrected chi connectivity index (χ1v) is 21.6. The summed E-state index contributed by atoms with van der Waals surface area (Å²) in [6.45, 7) is 2.36. The number of ether oxygens (including phenoxy) is 2. The van der Waals surface area contributed by atoms with Crippen LogP contribution in [-0.2, 0) is 28.7 Å². The molecule has 2 aromatic rings. The number of imide groups is 1.